The molecule has 0 atom stereocenters. The minimum Gasteiger partial charge on any atom is -0.466 e. The predicted molar refractivity (Wildman–Crippen MR) is 118 cm³/mol. The van der Waals surface area contributed by atoms with Crippen molar-refractivity contribution in [1.82, 2.24) is 9.97 Å². The van der Waals surface area contributed by atoms with Crippen molar-refractivity contribution in [3.05, 3.63) is 27.1 Å². The van der Waals surface area contributed by atoms with Crippen LogP contribution in [0.2, 0.25) is 0 Å². The van der Waals surface area contributed by atoms with E-state index in [-0.39, 0.29) is 40.3 Å². The highest BCUT2D eigenvalue weighted by Crippen LogP contribution is 2.40. The van der Waals surface area contributed by atoms with Gasteiger partial charge in [-0.3, -0.25) is 14.9 Å². The van der Waals surface area contributed by atoms with E-state index in [9.17, 15) is 14.9 Å². The summed E-state index contributed by atoms with van der Waals surface area (Å²) in [6.45, 7) is 5.87. The largest absolute Gasteiger partial charge is 0.466 e. The first-order chi connectivity index (χ1) is 14.3. The molecule has 0 saturated carbocycles. The summed E-state index contributed by atoms with van der Waals surface area (Å²) in [5, 5.41) is 14.8. The van der Waals surface area contributed by atoms with Crippen LogP contribution in [0.1, 0.15) is 53.2 Å². The lowest BCUT2D eigenvalue weighted by molar-refractivity contribution is -0.142. The maximum absolute atomic E-state index is 12.8. The summed E-state index contributed by atoms with van der Waals surface area (Å²) in [6, 6.07) is 2.09. The van der Waals surface area contributed by atoms with E-state index in [1.165, 1.54) is 11.3 Å². The summed E-state index contributed by atoms with van der Waals surface area (Å²) >= 11 is 2.30. The molecule has 0 aliphatic rings. The van der Waals surface area contributed by atoms with E-state index in [1.54, 1.807) is 12.3 Å². The van der Waals surface area contributed by atoms with E-state index in [4.69, 9.17) is 16.2 Å². The molecule has 30 heavy (non-hydrogen) atoms. The molecule has 0 fully saturated rings. The number of aromatic nitrogens is 2. The summed E-state index contributed by atoms with van der Waals surface area (Å²) in [6.07, 6.45) is 0.0309. The molecule has 156 valence electrons. The summed E-state index contributed by atoms with van der Waals surface area (Å²) in [5.74, 6) is -0.748. The molecule has 3 heterocycles. The van der Waals surface area contributed by atoms with Gasteiger partial charge in [0.15, 0.2) is 5.13 Å². The molecule has 0 bridgehead atoms. The van der Waals surface area contributed by atoms with Crippen molar-refractivity contribution in [2.45, 2.75) is 33.1 Å². The van der Waals surface area contributed by atoms with E-state index >= 15 is 0 Å². The Labute approximate surface area is 180 Å². The number of carbonyl (C=O) groups excluding carboxylic acids is 2. The molecular formula is C19H20N6O3S2. The third-order valence-corrected chi connectivity index (χ3v) is 6.15. The first-order valence-corrected chi connectivity index (χ1v) is 10.8. The van der Waals surface area contributed by atoms with Crippen LogP contribution < -0.4 is 16.8 Å². The number of thiazole rings is 1. The Morgan fingerprint density at radius 2 is 2.07 bits per heavy atom. The average Bonchev–Trinajstić information content (AvgIpc) is 3.24. The highest BCUT2D eigenvalue weighted by atomic mass is 32.1. The zero-order chi connectivity index (χ0) is 22.0. The maximum atomic E-state index is 12.8. The molecule has 5 N–H and O–H groups in total. The number of pyridine rings is 1. The van der Waals surface area contributed by atoms with E-state index in [0.717, 1.165) is 11.3 Å². The van der Waals surface area contributed by atoms with Crippen molar-refractivity contribution in [3.63, 3.8) is 0 Å². The molecule has 0 spiro atoms. The number of nitriles is 1. The number of nitrogens with zero attached hydrogens (tertiary/aromatic N) is 3. The summed E-state index contributed by atoms with van der Waals surface area (Å²) in [7, 11) is 0. The molecule has 0 aliphatic carbocycles. The number of amides is 1. The number of nitrogens with two attached hydrogens (primary N) is 2. The van der Waals surface area contributed by atoms with Gasteiger partial charge in [0.25, 0.3) is 5.91 Å². The number of nitrogens with one attached hydrogen (secondary N) is 1. The maximum Gasteiger partial charge on any atom is 0.311 e. The predicted octanol–water partition coefficient (Wildman–Crippen LogP) is 3.27. The first kappa shape index (κ1) is 21.5. The number of nitrogen functional groups attached to an aromatic ring is 2. The number of hydrogen-bond acceptors (Lipinski definition) is 10. The van der Waals surface area contributed by atoms with Gasteiger partial charge in [0, 0.05) is 10.8 Å². The second-order valence-corrected chi connectivity index (χ2v) is 8.51. The van der Waals surface area contributed by atoms with E-state index in [2.05, 4.69) is 21.4 Å². The van der Waals surface area contributed by atoms with Crippen LogP contribution in [0, 0.1) is 11.3 Å². The number of esters is 1. The van der Waals surface area contributed by atoms with Crippen LogP contribution in [-0.4, -0.2) is 28.5 Å². The highest BCUT2D eigenvalue weighted by molar-refractivity contribution is 7.21. The Balaban J connectivity index is 1.92. The van der Waals surface area contributed by atoms with E-state index in [0.29, 0.717) is 33.2 Å². The minimum atomic E-state index is -0.445. The summed E-state index contributed by atoms with van der Waals surface area (Å²) in [4.78, 5) is 33.7. The van der Waals surface area contributed by atoms with Gasteiger partial charge in [-0.05, 0) is 18.4 Å². The number of anilines is 3. The molecule has 9 nitrogen and oxygen atoms in total. The highest BCUT2D eigenvalue weighted by Gasteiger charge is 2.25. The number of fused-ring (bicyclic) bond motifs is 1. The van der Waals surface area contributed by atoms with E-state index < -0.39 is 5.91 Å². The van der Waals surface area contributed by atoms with Crippen molar-refractivity contribution >= 4 is 61.4 Å². The Morgan fingerprint density at radius 1 is 1.33 bits per heavy atom. The Bertz CT molecular complexity index is 1180. The molecule has 11 heteroatoms. The molecule has 0 radical (unpaired) electrons. The SMILES string of the molecule is CCOC(=O)Cc1csc(NC(=O)c2sc3nc(N)c(C#N)c(C(C)C)c3c2N)n1. The fourth-order valence-electron chi connectivity index (χ4n) is 3.02. The number of rotatable bonds is 6. The number of ether oxygens (including phenoxy) is 1. The van der Waals surface area contributed by atoms with Crippen LogP contribution in [0.4, 0.5) is 16.6 Å². The Hall–Kier alpha value is -3.23. The van der Waals surface area contributed by atoms with Crippen molar-refractivity contribution < 1.29 is 14.3 Å². The van der Waals surface area contributed by atoms with Crippen molar-refractivity contribution in [1.29, 1.82) is 5.26 Å². The monoisotopic (exact) mass is 444 g/mol. The lowest BCUT2D eigenvalue weighted by Gasteiger charge is -2.12. The smallest absolute Gasteiger partial charge is 0.311 e. The van der Waals surface area contributed by atoms with Crippen LogP contribution in [-0.2, 0) is 16.0 Å². The minimum absolute atomic E-state index is 0.0309. The van der Waals surface area contributed by atoms with Crippen LogP contribution >= 0.6 is 22.7 Å². The molecular weight excluding hydrogens is 424 g/mol. The molecule has 3 rings (SSSR count). The standard InChI is InChI=1S/C19H20N6O3S2/c1-4-28-11(26)5-9-7-29-19(23-9)25-17(27)15-14(21)13-12(8(2)3)10(6-20)16(22)24-18(13)30-15/h7-8H,4-5,21H2,1-3H3,(H2,22,24)(H,23,25,27). The average molecular weight is 445 g/mol. The second kappa shape index (κ2) is 8.64. The molecule has 0 aliphatic heterocycles. The quantitative estimate of drug-likeness (QED) is 0.489. The van der Waals surface area contributed by atoms with Crippen molar-refractivity contribution in [2.75, 3.05) is 23.4 Å². The zero-order valence-electron chi connectivity index (χ0n) is 16.6. The first-order valence-electron chi connectivity index (χ1n) is 9.09. The second-order valence-electron chi connectivity index (χ2n) is 6.66. The number of carbonyl (C=O) groups is 2. The zero-order valence-corrected chi connectivity index (χ0v) is 18.2. The van der Waals surface area contributed by atoms with Gasteiger partial charge in [0.05, 0.1) is 30.0 Å². The molecule has 1 amide bonds. The van der Waals surface area contributed by atoms with Crippen LogP contribution in [0.25, 0.3) is 10.2 Å². The molecule has 3 aromatic heterocycles. The van der Waals surface area contributed by atoms with Gasteiger partial charge in [-0.2, -0.15) is 5.26 Å². The lowest BCUT2D eigenvalue weighted by Crippen LogP contribution is -2.12. The normalized spacial score (nSPS) is 10.9. The van der Waals surface area contributed by atoms with Crippen LogP contribution in [0.3, 0.4) is 0 Å². The van der Waals surface area contributed by atoms with Gasteiger partial charge in [0.1, 0.15) is 21.6 Å². The van der Waals surface area contributed by atoms with Crippen LogP contribution in [0.5, 0.6) is 0 Å². The van der Waals surface area contributed by atoms with Crippen LogP contribution in [0.15, 0.2) is 5.38 Å². The lowest BCUT2D eigenvalue weighted by atomic mass is 9.95. The van der Waals surface area contributed by atoms with Gasteiger partial charge in [-0.15, -0.1) is 22.7 Å². The Morgan fingerprint density at radius 3 is 2.70 bits per heavy atom. The van der Waals surface area contributed by atoms with Gasteiger partial charge < -0.3 is 16.2 Å². The van der Waals surface area contributed by atoms with Gasteiger partial charge in [0.2, 0.25) is 0 Å². The molecule has 3 aromatic rings. The fraction of sp³-hybridized carbons (Fsp3) is 0.316. The number of thiophene rings is 1. The van der Waals surface area contributed by atoms with Gasteiger partial charge in [-0.25, -0.2) is 9.97 Å². The Kier molecular flexibility index (Phi) is 6.19. The van der Waals surface area contributed by atoms with Crippen molar-refractivity contribution in [2.24, 2.45) is 0 Å². The molecule has 0 unspecified atom stereocenters. The topological polar surface area (TPSA) is 157 Å². The third kappa shape index (κ3) is 4.05. The third-order valence-electron chi connectivity index (χ3n) is 4.24. The van der Waals surface area contributed by atoms with Gasteiger partial charge >= 0.3 is 5.97 Å². The summed E-state index contributed by atoms with van der Waals surface area (Å²) < 4.78 is 4.90. The fourth-order valence-corrected chi connectivity index (χ4v) is 4.74. The summed E-state index contributed by atoms with van der Waals surface area (Å²) in [5.41, 5.74) is 14.0. The van der Waals surface area contributed by atoms with E-state index in [1.807, 2.05) is 13.8 Å². The van der Waals surface area contributed by atoms with Gasteiger partial charge in [-0.1, -0.05) is 13.8 Å². The molecule has 0 saturated heterocycles. The van der Waals surface area contributed by atoms with Crippen molar-refractivity contribution in [3.8, 4) is 6.07 Å². The number of hydrogen-bond donors (Lipinski definition) is 3. The molecule has 0 aromatic carbocycles.